The van der Waals surface area contributed by atoms with Gasteiger partial charge in [0.05, 0.1) is 11.3 Å². The van der Waals surface area contributed by atoms with Gasteiger partial charge in [-0.1, -0.05) is 12.1 Å². The van der Waals surface area contributed by atoms with Crippen LogP contribution in [0.3, 0.4) is 0 Å². The lowest BCUT2D eigenvalue weighted by molar-refractivity contribution is 0.227. The standard InChI is InChI=1S/C13H22N4O3S.ClH/c1-2-9-21(18,19)17-8-3-5-10(17)11-15-12(16-20-11)13(14)6-4-7-13;/h10H,2-9,14H2,1H3;1H. The highest BCUT2D eigenvalue weighted by molar-refractivity contribution is 7.89. The summed E-state index contributed by atoms with van der Waals surface area (Å²) in [6.45, 7) is 2.39. The van der Waals surface area contributed by atoms with Gasteiger partial charge in [-0.15, -0.1) is 12.4 Å². The number of hydrogen-bond donors (Lipinski definition) is 1. The van der Waals surface area contributed by atoms with E-state index in [4.69, 9.17) is 10.3 Å². The quantitative estimate of drug-likeness (QED) is 0.867. The smallest absolute Gasteiger partial charge is 0.245 e. The van der Waals surface area contributed by atoms with E-state index in [9.17, 15) is 8.42 Å². The number of nitrogens with zero attached hydrogens (tertiary/aromatic N) is 3. The first-order valence-electron chi connectivity index (χ1n) is 7.59. The molecule has 1 saturated heterocycles. The average Bonchev–Trinajstić information content (AvgIpc) is 3.04. The Morgan fingerprint density at radius 3 is 2.73 bits per heavy atom. The van der Waals surface area contributed by atoms with Crippen molar-refractivity contribution in [2.24, 2.45) is 5.73 Å². The maximum absolute atomic E-state index is 12.3. The van der Waals surface area contributed by atoms with Crippen LogP contribution in [0.5, 0.6) is 0 Å². The van der Waals surface area contributed by atoms with Gasteiger partial charge in [0.1, 0.15) is 6.04 Å². The minimum Gasteiger partial charge on any atom is -0.337 e. The lowest BCUT2D eigenvalue weighted by Crippen LogP contribution is -2.44. The van der Waals surface area contributed by atoms with Crippen molar-refractivity contribution in [1.29, 1.82) is 0 Å². The Morgan fingerprint density at radius 2 is 2.14 bits per heavy atom. The number of aromatic nitrogens is 2. The Balaban J connectivity index is 0.00000176. The lowest BCUT2D eigenvalue weighted by Gasteiger charge is -2.34. The number of rotatable bonds is 5. The summed E-state index contributed by atoms with van der Waals surface area (Å²) in [5.41, 5.74) is 5.71. The topological polar surface area (TPSA) is 102 Å². The summed E-state index contributed by atoms with van der Waals surface area (Å²) in [6.07, 6.45) is 4.93. The van der Waals surface area contributed by atoms with Crippen LogP contribution >= 0.6 is 12.4 Å². The molecule has 0 radical (unpaired) electrons. The van der Waals surface area contributed by atoms with Crippen LogP contribution in [0, 0.1) is 0 Å². The first-order chi connectivity index (χ1) is 9.96. The van der Waals surface area contributed by atoms with Crippen molar-refractivity contribution >= 4 is 22.4 Å². The summed E-state index contributed by atoms with van der Waals surface area (Å²) in [5, 5.41) is 3.98. The largest absolute Gasteiger partial charge is 0.337 e. The molecule has 1 atom stereocenters. The van der Waals surface area contributed by atoms with Crippen molar-refractivity contribution in [2.75, 3.05) is 12.3 Å². The predicted molar refractivity (Wildman–Crippen MR) is 84.0 cm³/mol. The molecule has 1 aromatic rings. The molecular weight excluding hydrogens is 328 g/mol. The van der Waals surface area contributed by atoms with Gasteiger partial charge in [0.15, 0.2) is 5.82 Å². The van der Waals surface area contributed by atoms with Crippen LogP contribution in [0.1, 0.15) is 63.2 Å². The molecule has 2 aliphatic rings. The average molecular weight is 351 g/mol. The van der Waals surface area contributed by atoms with E-state index in [-0.39, 0.29) is 24.2 Å². The van der Waals surface area contributed by atoms with Crippen LogP contribution < -0.4 is 5.73 Å². The van der Waals surface area contributed by atoms with Gasteiger partial charge in [-0.05, 0) is 38.5 Å². The molecule has 2 heterocycles. The van der Waals surface area contributed by atoms with Crippen LogP contribution in [0.4, 0.5) is 0 Å². The highest BCUT2D eigenvalue weighted by atomic mass is 35.5. The SMILES string of the molecule is CCCS(=O)(=O)N1CCCC1c1nc(C2(N)CCC2)no1.Cl. The molecule has 22 heavy (non-hydrogen) atoms. The third-order valence-corrected chi connectivity index (χ3v) is 6.52. The maximum Gasteiger partial charge on any atom is 0.245 e. The van der Waals surface area contributed by atoms with Gasteiger partial charge < -0.3 is 10.3 Å². The summed E-state index contributed by atoms with van der Waals surface area (Å²) in [7, 11) is -3.25. The van der Waals surface area contributed by atoms with Crippen molar-refractivity contribution in [3.8, 4) is 0 Å². The van der Waals surface area contributed by atoms with Gasteiger partial charge in [-0.3, -0.25) is 0 Å². The summed E-state index contributed by atoms with van der Waals surface area (Å²) in [6, 6.07) is -0.327. The van der Waals surface area contributed by atoms with Crippen molar-refractivity contribution in [3.63, 3.8) is 0 Å². The van der Waals surface area contributed by atoms with Crippen molar-refractivity contribution in [2.45, 2.75) is 57.0 Å². The van der Waals surface area contributed by atoms with E-state index in [1.807, 2.05) is 6.92 Å². The molecule has 3 rings (SSSR count). The first kappa shape index (κ1) is 17.7. The zero-order chi connectivity index (χ0) is 15.1. The Morgan fingerprint density at radius 1 is 1.41 bits per heavy atom. The first-order valence-corrected chi connectivity index (χ1v) is 9.20. The highest BCUT2D eigenvalue weighted by Crippen LogP contribution is 2.39. The molecule has 2 N–H and O–H groups in total. The van der Waals surface area contributed by atoms with Crippen LogP contribution in [0.2, 0.25) is 0 Å². The molecular formula is C13H23ClN4O3S. The van der Waals surface area contributed by atoms with Gasteiger partial charge in [-0.25, -0.2) is 8.42 Å². The summed E-state index contributed by atoms with van der Waals surface area (Å²) in [5.74, 6) is 1.06. The zero-order valence-electron chi connectivity index (χ0n) is 12.7. The molecule has 2 fully saturated rings. The second-order valence-electron chi connectivity index (χ2n) is 6.05. The van der Waals surface area contributed by atoms with Crippen LogP contribution in [-0.2, 0) is 15.6 Å². The van der Waals surface area contributed by atoms with Gasteiger partial charge in [-0.2, -0.15) is 9.29 Å². The molecule has 9 heteroatoms. The fourth-order valence-electron chi connectivity index (χ4n) is 3.05. The highest BCUT2D eigenvalue weighted by Gasteiger charge is 2.42. The lowest BCUT2D eigenvalue weighted by atomic mass is 9.77. The number of hydrogen-bond acceptors (Lipinski definition) is 6. The maximum atomic E-state index is 12.3. The zero-order valence-corrected chi connectivity index (χ0v) is 14.3. The van der Waals surface area contributed by atoms with E-state index in [1.165, 1.54) is 4.31 Å². The Kier molecular flexibility index (Phi) is 5.16. The van der Waals surface area contributed by atoms with E-state index >= 15 is 0 Å². The molecule has 1 aliphatic heterocycles. The van der Waals surface area contributed by atoms with Gasteiger partial charge >= 0.3 is 0 Å². The van der Waals surface area contributed by atoms with Crippen LogP contribution in [0.15, 0.2) is 4.52 Å². The predicted octanol–water partition coefficient (Wildman–Crippen LogP) is 1.71. The molecule has 0 amide bonds. The van der Waals surface area contributed by atoms with Crippen LogP contribution in [-0.4, -0.2) is 35.2 Å². The van der Waals surface area contributed by atoms with Gasteiger partial charge in [0, 0.05) is 6.54 Å². The summed E-state index contributed by atoms with van der Waals surface area (Å²) >= 11 is 0. The van der Waals surface area contributed by atoms with Gasteiger partial charge in [0.2, 0.25) is 15.9 Å². The molecule has 126 valence electrons. The number of halogens is 1. The number of sulfonamides is 1. The van der Waals surface area contributed by atoms with E-state index in [2.05, 4.69) is 10.1 Å². The fraction of sp³-hybridized carbons (Fsp3) is 0.846. The monoisotopic (exact) mass is 350 g/mol. The minimum atomic E-state index is -3.25. The Labute approximate surface area is 137 Å². The van der Waals surface area contributed by atoms with Crippen molar-refractivity contribution in [3.05, 3.63) is 11.7 Å². The molecule has 1 aliphatic carbocycles. The normalized spacial score (nSPS) is 24.7. The minimum absolute atomic E-state index is 0. The second-order valence-corrected chi connectivity index (χ2v) is 8.09. The Bertz CT molecular complexity index is 615. The fourth-order valence-corrected chi connectivity index (χ4v) is 4.79. The molecule has 0 aromatic carbocycles. The van der Waals surface area contributed by atoms with E-state index in [0.29, 0.717) is 24.7 Å². The molecule has 7 nitrogen and oxygen atoms in total. The van der Waals surface area contributed by atoms with Gasteiger partial charge in [0.25, 0.3) is 0 Å². The summed E-state index contributed by atoms with van der Waals surface area (Å²) in [4.78, 5) is 4.40. The molecule has 1 unspecified atom stereocenters. The third kappa shape index (κ3) is 3.02. The second kappa shape index (κ2) is 6.43. The molecule has 0 spiro atoms. The molecule has 1 saturated carbocycles. The summed E-state index contributed by atoms with van der Waals surface area (Å²) < 4.78 is 31.4. The third-order valence-electron chi connectivity index (χ3n) is 4.44. The van der Waals surface area contributed by atoms with E-state index in [0.717, 1.165) is 32.1 Å². The molecule has 0 bridgehead atoms. The van der Waals surface area contributed by atoms with E-state index < -0.39 is 15.6 Å². The van der Waals surface area contributed by atoms with Crippen molar-refractivity contribution < 1.29 is 12.9 Å². The number of nitrogens with two attached hydrogens (primary N) is 1. The van der Waals surface area contributed by atoms with Crippen molar-refractivity contribution in [1.82, 2.24) is 14.4 Å². The molecule has 1 aromatic heterocycles. The Hall–Kier alpha value is -0.700. The van der Waals surface area contributed by atoms with Crippen LogP contribution in [0.25, 0.3) is 0 Å². The van der Waals surface area contributed by atoms with E-state index in [1.54, 1.807) is 0 Å².